The third kappa shape index (κ3) is 6.63. The van der Waals surface area contributed by atoms with Crippen LogP contribution in [0.4, 0.5) is 5.69 Å². The highest BCUT2D eigenvalue weighted by Gasteiger charge is 2.34. The summed E-state index contributed by atoms with van der Waals surface area (Å²) in [5, 5.41) is 3.48. The lowest BCUT2D eigenvalue weighted by Gasteiger charge is -2.36. The lowest BCUT2D eigenvalue weighted by atomic mass is 9.81. The molecule has 0 heterocycles. The molecule has 1 aromatic rings. The number of carbonyl (C=O) groups excluding carboxylic acids is 1. The van der Waals surface area contributed by atoms with Crippen molar-refractivity contribution < 1.29 is 13.2 Å². The standard InChI is InChI=1S/C18H28Cl2N2O3S/c1-12(16(23)21-18(5,6)11-17(2,3)4)22(26(7,24)25)15-10-13(19)8-9-14(15)20/h8-10,12H,11H2,1-7H3,(H,21,23)/t12-/m1/s1. The highest BCUT2D eigenvalue weighted by atomic mass is 35.5. The zero-order valence-electron chi connectivity index (χ0n) is 16.4. The molecule has 1 rings (SSSR count). The number of hydrogen-bond acceptors (Lipinski definition) is 3. The molecule has 26 heavy (non-hydrogen) atoms. The third-order valence-corrected chi connectivity index (χ3v) is 5.45. The molecule has 0 bridgehead atoms. The van der Waals surface area contributed by atoms with E-state index in [9.17, 15) is 13.2 Å². The van der Waals surface area contributed by atoms with Crippen molar-refractivity contribution in [2.75, 3.05) is 10.6 Å². The number of amides is 1. The van der Waals surface area contributed by atoms with Crippen LogP contribution in [0.2, 0.25) is 10.0 Å². The van der Waals surface area contributed by atoms with Crippen LogP contribution in [0.15, 0.2) is 18.2 Å². The molecule has 0 saturated heterocycles. The van der Waals surface area contributed by atoms with Crippen molar-refractivity contribution in [3.63, 3.8) is 0 Å². The zero-order valence-corrected chi connectivity index (χ0v) is 18.7. The van der Waals surface area contributed by atoms with Gasteiger partial charge in [0.2, 0.25) is 15.9 Å². The highest BCUT2D eigenvalue weighted by Crippen LogP contribution is 2.33. The Balaban J connectivity index is 3.21. The third-order valence-electron chi connectivity index (χ3n) is 3.67. The first-order chi connectivity index (χ1) is 11.5. The van der Waals surface area contributed by atoms with Crippen molar-refractivity contribution in [1.82, 2.24) is 5.32 Å². The average molecular weight is 423 g/mol. The molecule has 0 aliphatic carbocycles. The molecule has 8 heteroatoms. The quantitative estimate of drug-likeness (QED) is 0.734. The fraction of sp³-hybridized carbons (Fsp3) is 0.611. The van der Waals surface area contributed by atoms with Gasteiger partial charge in [0.1, 0.15) is 6.04 Å². The molecule has 1 aromatic carbocycles. The summed E-state index contributed by atoms with van der Waals surface area (Å²) < 4.78 is 25.8. The number of anilines is 1. The first-order valence-electron chi connectivity index (χ1n) is 8.30. The van der Waals surface area contributed by atoms with Crippen molar-refractivity contribution >= 4 is 44.8 Å². The van der Waals surface area contributed by atoms with Crippen LogP contribution in [-0.4, -0.2) is 32.2 Å². The maximum atomic E-state index is 12.8. The van der Waals surface area contributed by atoms with E-state index < -0.39 is 27.5 Å². The maximum Gasteiger partial charge on any atom is 0.244 e. The van der Waals surface area contributed by atoms with Crippen molar-refractivity contribution in [2.45, 2.75) is 59.5 Å². The first-order valence-corrected chi connectivity index (χ1v) is 10.9. The highest BCUT2D eigenvalue weighted by molar-refractivity contribution is 7.92. The van der Waals surface area contributed by atoms with Gasteiger partial charge in [-0.2, -0.15) is 0 Å². The predicted molar refractivity (Wildman–Crippen MR) is 110 cm³/mol. The molecule has 0 saturated carbocycles. The number of nitrogens with one attached hydrogen (secondary N) is 1. The van der Waals surface area contributed by atoms with E-state index in [1.165, 1.54) is 19.1 Å². The smallest absolute Gasteiger partial charge is 0.244 e. The molecule has 5 nitrogen and oxygen atoms in total. The van der Waals surface area contributed by atoms with Gasteiger partial charge >= 0.3 is 0 Å². The molecule has 1 amide bonds. The van der Waals surface area contributed by atoms with E-state index in [1.54, 1.807) is 6.07 Å². The van der Waals surface area contributed by atoms with Crippen LogP contribution in [-0.2, 0) is 14.8 Å². The fourth-order valence-corrected chi connectivity index (χ4v) is 4.85. The van der Waals surface area contributed by atoms with Gasteiger partial charge < -0.3 is 5.32 Å². The Kier molecular flexibility index (Phi) is 7.05. The number of rotatable bonds is 6. The van der Waals surface area contributed by atoms with Gasteiger partial charge in [-0.25, -0.2) is 8.42 Å². The summed E-state index contributed by atoms with van der Waals surface area (Å²) in [6.45, 7) is 11.6. The van der Waals surface area contributed by atoms with Gasteiger partial charge in [-0.05, 0) is 50.8 Å². The van der Waals surface area contributed by atoms with E-state index in [4.69, 9.17) is 23.2 Å². The molecule has 0 fully saturated rings. The monoisotopic (exact) mass is 422 g/mol. The van der Waals surface area contributed by atoms with E-state index >= 15 is 0 Å². The van der Waals surface area contributed by atoms with Crippen molar-refractivity contribution in [3.8, 4) is 0 Å². The second-order valence-electron chi connectivity index (χ2n) is 8.44. The van der Waals surface area contributed by atoms with Crippen LogP contribution < -0.4 is 9.62 Å². The minimum Gasteiger partial charge on any atom is -0.349 e. The second-order valence-corrected chi connectivity index (χ2v) is 11.1. The van der Waals surface area contributed by atoms with Gasteiger partial charge in [-0.15, -0.1) is 0 Å². The second kappa shape index (κ2) is 7.95. The minimum absolute atomic E-state index is 0.00675. The van der Waals surface area contributed by atoms with Gasteiger partial charge in [0.05, 0.1) is 17.0 Å². The number of nitrogens with zero attached hydrogens (tertiary/aromatic N) is 1. The van der Waals surface area contributed by atoms with E-state index in [0.717, 1.165) is 17.0 Å². The molecule has 1 N–H and O–H groups in total. The van der Waals surface area contributed by atoms with Crippen LogP contribution >= 0.6 is 23.2 Å². The lowest BCUT2D eigenvalue weighted by molar-refractivity contribution is -0.123. The minimum atomic E-state index is -3.76. The van der Waals surface area contributed by atoms with E-state index in [1.807, 2.05) is 13.8 Å². The summed E-state index contributed by atoms with van der Waals surface area (Å²) in [5.74, 6) is -0.402. The Hall–Kier alpha value is -0.980. The Morgan fingerprint density at radius 2 is 1.73 bits per heavy atom. The van der Waals surface area contributed by atoms with Gasteiger partial charge in [0, 0.05) is 10.6 Å². The predicted octanol–water partition coefficient (Wildman–Crippen LogP) is 4.48. The van der Waals surface area contributed by atoms with Crippen LogP contribution in [0.25, 0.3) is 0 Å². The molecule has 0 radical (unpaired) electrons. The molecule has 0 unspecified atom stereocenters. The average Bonchev–Trinajstić information content (AvgIpc) is 2.37. The van der Waals surface area contributed by atoms with Crippen LogP contribution in [0.5, 0.6) is 0 Å². The van der Waals surface area contributed by atoms with Gasteiger partial charge in [0.25, 0.3) is 0 Å². The molecule has 148 valence electrons. The summed E-state index contributed by atoms with van der Waals surface area (Å²) in [5.41, 5.74) is -0.310. The van der Waals surface area contributed by atoms with Crippen LogP contribution in [0.1, 0.15) is 48.0 Å². The Morgan fingerprint density at radius 3 is 2.19 bits per heavy atom. The van der Waals surface area contributed by atoms with Crippen LogP contribution in [0.3, 0.4) is 0 Å². The summed E-state index contributed by atoms with van der Waals surface area (Å²) in [7, 11) is -3.76. The Morgan fingerprint density at radius 1 is 1.19 bits per heavy atom. The van der Waals surface area contributed by atoms with Crippen LogP contribution in [0, 0.1) is 5.41 Å². The van der Waals surface area contributed by atoms with E-state index in [0.29, 0.717) is 5.02 Å². The number of carbonyl (C=O) groups is 1. The molecule has 0 aliphatic heterocycles. The summed E-state index contributed by atoms with van der Waals surface area (Å²) in [6.07, 6.45) is 1.77. The molecule has 0 aliphatic rings. The van der Waals surface area contributed by atoms with E-state index in [2.05, 4.69) is 26.1 Å². The van der Waals surface area contributed by atoms with E-state index in [-0.39, 0.29) is 16.1 Å². The number of benzene rings is 1. The summed E-state index contributed by atoms with van der Waals surface area (Å²) >= 11 is 12.2. The molecular weight excluding hydrogens is 395 g/mol. The van der Waals surface area contributed by atoms with Crippen molar-refractivity contribution in [3.05, 3.63) is 28.2 Å². The van der Waals surface area contributed by atoms with Crippen molar-refractivity contribution in [2.24, 2.45) is 5.41 Å². The number of hydrogen-bond donors (Lipinski definition) is 1. The van der Waals surface area contributed by atoms with Gasteiger partial charge in [0.15, 0.2) is 0 Å². The fourth-order valence-electron chi connectivity index (χ4n) is 3.24. The molecular formula is C18H28Cl2N2O3S. The Labute approximate surface area is 167 Å². The summed E-state index contributed by atoms with van der Waals surface area (Å²) in [6, 6.07) is 3.52. The molecule has 1 atom stereocenters. The molecule has 0 aromatic heterocycles. The zero-order chi connectivity index (χ0) is 20.5. The molecule has 0 spiro atoms. The topological polar surface area (TPSA) is 66.5 Å². The van der Waals surface area contributed by atoms with Gasteiger partial charge in [-0.3, -0.25) is 9.10 Å². The van der Waals surface area contributed by atoms with Gasteiger partial charge in [-0.1, -0.05) is 44.0 Å². The normalized spacial score (nSPS) is 14.0. The number of halogens is 2. The maximum absolute atomic E-state index is 12.8. The first kappa shape index (κ1) is 23.1. The Bertz CT molecular complexity index is 771. The number of sulfonamides is 1. The largest absolute Gasteiger partial charge is 0.349 e. The SMILES string of the molecule is C[C@H](C(=O)NC(C)(C)CC(C)(C)C)N(c1cc(Cl)ccc1Cl)S(C)(=O)=O. The summed E-state index contributed by atoms with van der Waals surface area (Å²) in [4.78, 5) is 12.8. The lowest BCUT2D eigenvalue weighted by Crippen LogP contribution is -2.54. The van der Waals surface area contributed by atoms with Crippen molar-refractivity contribution in [1.29, 1.82) is 0 Å².